The number of rotatable bonds is 5. The summed E-state index contributed by atoms with van der Waals surface area (Å²) in [6, 6.07) is 0.0278. The highest BCUT2D eigenvalue weighted by atomic mass is 35.5. The van der Waals surface area contributed by atoms with E-state index < -0.39 is 5.91 Å². The van der Waals surface area contributed by atoms with Gasteiger partial charge < -0.3 is 5.73 Å². The van der Waals surface area contributed by atoms with Crippen LogP contribution in [0.1, 0.15) is 20.3 Å². The van der Waals surface area contributed by atoms with Gasteiger partial charge in [-0.15, -0.1) is 0 Å². The lowest BCUT2D eigenvalue weighted by Gasteiger charge is -2.26. The van der Waals surface area contributed by atoms with E-state index in [0.717, 1.165) is 13.0 Å². The number of carbonyl (C=O) groups is 1. The van der Waals surface area contributed by atoms with Crippen molar-refractivity contribution in [1.82, 2.24) is 4.90 Å². The third-order valence-corrected chi connectivity index (χ3v) is 2.41. The van der Waals surface area contributed by atoms with Crippen molar-refractivity contribution in [3.8, 4) is 0 Å². The molecule has 0 radical (unpaired) electrons. The highest BCUT2D eigenvalue weighted by Gasteiger charge is 2.19. The normalized spacial score (nSPS) is 14.7. The van der Waals surface area contributed by atoms with Crippen LogP contribution in [0.15, 0.2) is 11.1 Å². The van der Waals surface area contributed by atoms with Crippen LogP contribution >= 0.6 is 11.6 Å². The molecule has 0 saturated carbocycles. The first kappa shape index (κ1) is 12.5. The van der Waals surface area contributed by atoms with Crippen molar-refractivity contribution in [3.63, 3.8) is 0 Å². The Bertz CT molecular complexity index is 204. The molecule has 1 unspecified atom stereocenters. The lowest BCUT2D eigenvalue weighted by molar-refractivity contribution is -0.115. The number of halogens is 1. The lowest BCUT2D eigenvalue weighted by atomic mass is 10.0. The van der Waals surface area contributed by atoms with E-state index in [1.165, 1.54) is 5.54 Å². The van der Waals surface area contributed by atoms with Gasteiger partial charge in [0.1, 0.15) is 0 Å². The first-order valence-corrected chi connectivity index (χ1v) is 4.82. The van der Waals surface area contributed by atoms with Crippen molar-refractivity contribution in [3.05, 3.63) is 11.1 Å². The van der Waals surface area contributed by atoms with E-state index in [9.17, 15) is 4.79 Å². The summed E-state index contributed by atoms with van der Waals surface area (Å²) in [5, 5.41) is 0. The fraction of sp³-hybridized carbons (Fsp3) is 0.667. The summed E-state index contributed by atoms with van der Waals surface area (Å²) in [6.07, 6.45) is 0.825. The van der Waals surface area contributed by atoms with Crippen molar-refractivity contribution in [1.29, 1.82) is 0 Å². The Hall–Kier alpha value is -0.540. The Morgan fingerprint density at radius 2 is 2.15 bits per heavy atom. The van der Waals surface area contributed by atoms with Gasteiger partial charge in [0, 0.05) is 17.2 Å². The van der Waals surface area contributed by atoms with Crippen LogP contribution in [0.2, 0.25) is 0 Å². The maximum atomic E-state index is 11.0. The average molecular weight is 205 g/mol. The van der Waals surface area contributed by atoms with Crippen LogP contribution in [0.5, 0.6) is 0 Å². The van der Waals surface area contributed by atoms with Gasteiger partial charge in [-0.25, -0.2) is 0 Å². The standard InChI is InChI=1S/C9H17ClN2O/c1-4-8(12(3)5-2)7(6-10)9(11)13/h6,8H,4-5H2,1-3H3,(H2,11,13)/b7-6-. The molecule has 0 aliphatic carbocycles. The van der Waals surface area contributed by atoms with Crippen LogP contribution in [0, 0.1) is 0 Å². The van der Waals surface area contributed by atoms with Crippen molar-refractivity contribution < 1.29 is 4.79 Å². The van der Waals surface area contributed by atoms with E-state index in [1.807, 2.05) is 25.8 Å². The van der Waals surface area contributed by atoms with Crippen LogP contribution in [0.25, 0.3) is 0 Å². The van der Waals surface area contributed by atoms with Gasteiger partial charge in [0.15, 0.2) is 0 Å². The van der Waals surface area contributed by atoms with Crippen LogP contribution in [-0.4, -0.2) is 30.4 Å². The topological polar surface area (TPSA) is 46.3 Å². The first-order chi connectivity index (χ1) is 6.08. The number of hydrogen-bond acceptors (Lipinski definition) is 2. The molecule has 1 amide bonds. The SMILES string of the molecule is CCC(/C(=C/Cl)C(N)=O)N(C)CC. The number of nitrogens with two attached hydrogens (primary N) is 1. The molecule has 1 atom stereocenters. The van der Waals surface area contributed by atoms with E-state index in [-0.39, 0.29) is 6.04 Å². The second-order valence-corrected chi connectivity index (χ2v) is 3.14. The van der Waals surface area contributed by atoms with Crippen molar-refractivity contribution in [2.75, 3.05) is 13.6 Å². The third-order valence-electron chi connectivity index (χ3n) is 2.18. The molecular weight excluding hydrogens is 188 g/mol. The zero-order valence-electron chi connectivity index (χ0n) is 8.38. The average Bonchev–Trinajstić information content (AvgIpc) is 2.12. The minimum atomic E-state index is -0.442. The summed E-state index contributed by atoms with van der Waals surface area (Å²) >= 11 is 5.55. The Kier molecular flexibility index (Phi) is 5.75. The molecular formula is C9H17ClN2O. The maximum Gasteiger partial charge on any atom is 0.247 e. The molecule has 0 spiro atoms. The Morgan fingerprint density at radius 1 is 1.62 bits per heavy atom. The number of primary amides is 1. The minimum Gasteiger partial charge on any atom is -0.366 e. The molecule has 0 aromatic rings. The maximum absolute atomic E-state index is 11.0. The van der Waals surface area contributed by atoms with Crippen LogP contribution < -0.4 is 5.73 Å². The molecule has 0 aliphatic rings. The molecule has 0 fully saturated rings. The summed E-state index contributed by atoms with van der Waals surface area (Å²) < 4.78 is 0. The molecule has 0 aromatic heterocycles. The molecule has 76 valence electrons. The molecule has 3 nitrogen and oxygen atoms in total. The van der Waals surface area contributed by atoms with Gasteiger partial charge in [-0.3, -0.25) is 9.69 Å². The van der Waals surface area contributed by atoms with E-state index in [4.69, 9.17) is 17.3 Å². The largest absolute Gasteiger partial charge is 0.366 e. The zero-order chi connectivity index (χ0) is 10.4. The van der Waals surface area contributed by atoms with Gasteiger partial charge in [-0.2, -0.15) is 0 Å². The minimum absolute atomic E-state index is 0.0278. The first-order valence-electron chi connectivity index (χ1n) is 4.38. The number of likely N-dealkylation sites (N-methyl/N-ethyl adjacent to an activating group) is 1. The van der Waals surface area contributed by atoms with Gasteiger partial charge in [-0.1, -0.05) is 25.4 Å². The summed E-state index contributed by atoms with van der Waals surface area (Å²) in [5.41, 5.74) is 6.96. The van der Waals surface area contributed by atoms with Gasteiger partial charge >= 0.3 is 0 Å². The second-order valence-electron chi connectivity index (χ2n) is 2.93. The molecule has 2 N–H and O–H groups in total. The van der Waals surface area contributed by atoms with E-state index in [0.29, 0.717) is 5.57 Å². The highest BCUT2D eigenvalue weighted by molar-refractivity contribution is 6.27. The fourth-order valence-electron chi connectivity index (χ4n) is 1.28. The second kappa shape index (κ2) is 6.00. The van der Waals surface area contributed by atoms with E-state index >= 15 is 0 Å². The van der Waals surface area contributed by atoms with Gasteiger partial charge in [0.2, 0.25) is 5.91 Å². The van der Waals surface area contributed by atoms with Gasteiger partial charge in [-0.05, 0) is 20.0 Å². The highest BCUT2D eigenvalue weighted by Crippen LogP contribution is 2.13. The number of hydrogen-bond donors (Lipinski definition) is 1. The third kappa shape index (κ3) is 3.36. The fourth-order valence-corrected chi connectivity index (χ4v) is 1.53. The van der Waals surface area contributed by atoms with E-state index in [1.54, 1.807) is 0 Å². The van der Waals surface area contributed by atoms with Crippen molar-refractivity contribution >= 4 is 17.5 Å². The summed E-state index contributed by atoms with van der Waals surface area (Å²) in [7, 11) is 1.94. The summed E-state index contributed by atoms with van der Waals surface area (Å²) in [6.45, 7) is 4.88. The Labute approximate surface area is 84.5 Å². The van der Waals surface area contributed by atoms with E-state index in [2.05, 4.69) is 0 Å². The van der Waals surface area contributed by atoms with Crippen molar-refractivity contribution in [2.24, 2.45) is 5.73 Å². The predicted octanol–water partition coefficient (Wildman–Crippen LogP) is 1.32. The number of nitrogens with zero attached hydrogens (tertiary/aromatic N) is 1. The van der Waals surface area contributed by atoms with Crippen LogP contribution in [-0.2, 0) is 4.79 Å². The zero-order valence-corrected chi connectivity index (χ0v) is 9.14. The quantitative estimate of drug-likeness (QED) is 0.687. The molecule has 0 heterocycles. The molecule has 0 aromatic carbocycles. The number of amides is 1. The van der Waals surface area contributed by atoms with Crippen LogP contribution in [0.4, 0.5) is 0 Å². The number of carbonyl (C=O) groups excluding carboxylic acids is 1. The summed E-state index contributed by atoms with van der Waals surface area (Å²) in [4.78, 5) is 13.0. The van der Waals surface area contributed by atoms with Gasteiger partial charge in [0.25, 0.3) is 0 Å². The predicted molar refractivity (Wildman–Crippen MR) is 55.5 cm³/mol. The monoisotopic (exact) mass is 204 g/mol. The smallest absolute Gasteiger partial charge is 0.247 e. The lowest BCUT2D eigenvalue weighted by Crippen LogP contribution is -2.37. The molecule has 0 saturated heterocycles. The van der Waals surface area contributed by atoms with Gasteiger partial charge in [0.05, 0.1) is 0 Å². The molecule has 4 heteroatoms. The molecule has 13 heavy (non-hydrogen) atoms. The van der Waals surface area contributed by atoms with Crippen molar-refractivity contribution in [2.45, 2.75) is 26.3 Å². The molecule has 0 rings (SSSR count). The Balaban J connectivity index is 4.64. The Morgan fingerprint density at radius 3 is 2.38 bits per heavy atom. The van der Waals surface area contributed by atoms with Crippen LogP contribution in [0.3, 0.4) is 0 Å². The molecule has 0 aliphatic heterocycles. The summed E-state index contributed by atoms with van der Waals surface area (Å²) in [5.74, 6) is -0.442. The molecule has 0 bridgehead atoms.